The van der Waals surface area contributed by atoms with Gasteiger partial charge in [-0.25, -0.2) is 0 Å². The molecule has 0 amide bonds. The number of aromatic nitrogens is 2. The van der Waals surface area contributed by atoms with E-state index < -0.39 is 35.6 Å². The zero-order chi connectivity index (χ0) is 52.9. The van der Waals surface area contributed by atoms with Gasteiger partial charge in [0.25, 0.3) is 0 Å². The first-order chi connectivity index (χ1) is 36.3. The van der Waals surface area contributed by atoms with E-state index in [0.717, 1.165) is 102 Å². The summed E-state index contributed by atoms with van der Waals surface area (Å²) in [7, 11) is 3.26. The number of rotatable bonds is 19. The molecule has 0 radical (unpaired) electrons. The summed E-state index contributed by atoms with van der Waals surface area (Å²) in [6, 6.07) is 32.4. The van der Waals surface area contributed by atoms with Crippen molar-refractivity contribution in [3.63, 3.8) is 0 Å². The van der Waals surface area contributed by atoms with Gasteiger partial charge in [0.2, 0.25) is 13.6 Å². The van der Waals surface area contributed by atoms with Crippen molar-refractivity contribution in [3.8, 4) is 34.5 Å². The molecule has 13 nitrogen and oxygen atoms in total. The van der Waals surface area contributed by atoms with Crippen molar-refractivity contribution in [2.45, 2.75) is 110 Å². The molecule has 4 heterocycles. The first kappa shape index (κ1) is 52.7. The van der Waals surface area contributed by atoms with E-state index in [0.29, 0.717) is 23.2 Å². The van der Waals surface area contributed by atoms with Crippen LogP contribution in [0.4, 0.5) is 0 Å². The molecule has 2 aromatic heterocycles. The van der Waals surface area contributed by atoms with Crippen molar-refractivity contribution >= 4 is 11.9 Å². The summed E-state index contributed by atoms with van der Waals surface area (Å²) >= 11 is 0. The third kappa shape index (κ3) is 10.9. The molecule has 4 aliphatic rings. The molecule has 2 aliphatic heterocycles. The van der Waals surface area contributed by atoms with Crippen molar-refractivity contribution < 1.29 is 53.3 Å². The number of carboxylic acids is 2. The summed E-state index contributed by atoms with van der Waals surface area (Å²) in [4.78, 5) is 35.2. The third-order valence-corrected chi connectivity index (χ3v) is 15.6. The molecular formula is C62H70N2O11. The second-order valence-electron chi connectivity index (χ2n) is 20.7. The minimum absolute atomic E-state index is 0.129. The summed E-state index contributed by atoms with van der Waals surface area (Å²) in [5.41, 5.74) is 12.2. The van der Waals surface area contributed by atoms with Gasteiger partial charge >= 0.3 is 11.9 Å². The number of aliphatic hydroxyl groups is 1. The highest BCUT2D eigenvalue weighted by Gasteiger charge is 2.49. The summed E-state index contributed by atoms with van der Waals surface area (Å²) in [5, 5.41) is 30.2. The summed E-state index contributed by atoms with van der Waals surface area (Å²) < 4.78 is 33.4. The van der Waals surface area contributed by atoms with Gasteiger partial charge in [0.15, 0.2) is 23.0 Å². The van der Waals surface area contributed by atoms with Crippen LogP contribution in [0.25, 0.3) is 0 Å². The zero-order valence-corrected chi connectivity index (χ0v) is 44.1. The lowest BCUT2D eigenvalue weighted by atomic mass is 9.78. The highest BCUT2D eigenvalue weighted by molar-refractivity contribution is 5.78. The van der Waals surface area contributed by atoms with E-state index in [9.17, 15) is 24.9 Å². The Hall–Kier alpha value is -7.12. The van der Waals surface area contributed by atoms with Gasteiger partial charge in [0.1, 0.15) is 11.5 Å². The Balaban J connectivity index is 0.000000184. The number of aliphatic carboxylic acids is 2. The zero-order valence-electron chi connectivity index (χ0n) is 44.1. The molecule has 0 fully saturated rings. The molecule has 3 N–H and O–H groups in total. The molecule has 0 bridgehead atoms. The van der Waals surface area contributed by atoms with E-state index in [1.165, 1.54) is 27.9 Å². The van der Waals surface area contributed by atoms with E-state index in [-0.39, 0.29) is 44.4 Å². The van der Waals surface area contributed by atoms with Gasteiger partial charge in [0.05, 0.1) is 37.4 Å². The Bertz CT molecular complexity index is 3030. The van der Waals surface area contributed by atoms with E-state index in [1.807, 2.05) is 48.5 Å². The molecule has 75 heavy (non-hydrogen) atoms. The number of unbranched alkanes of at least 4 members (excludes halogenated alkanes) is 2. The fraction of sp³-hybridized carbons (Fsp3) is 0.419. The normalized spacial score (nSPS) is 20.4. The van der Waals surface area contributed by atoms with Crippen LogP contribution < -0.4 is 28.4 Å². The average Bonchev–Trinajstić information content (AvgIpc) is 4.24. The van der Waals surface area contributed by atoms with Gasteiger partial charge in [-0.05, 0) is 156 Å². The molecule has 8 atom stereocenters. The Morgan fingerprint density at radius 3 is 1.59 bits per heavy atom. The van der Waals surface area contributed by atoms with Crippen molar-refractivity contribution in [2.24, 2.45) is 23.7 Å². The Morgan fingerprint density at radius 2 is 1.08 bits per heavy atom. The van der Waals surface area contributed by atoms with E-state index in [4.69, 9.17) is 38.4 Å². The van der Waals surface area contributed by atoms with Crippen LogP contribution in [-0.2, 0) is 35.3 Å². The van der Waals surface area contributed by atoms with Crippen LogP contribution in [0.3, 0.4) is 0 Å². The number of ether oxygens (including phenoxy) is 6. The number of nitrogens with zero attached hydrogens (tertiary/aromatic N) is 2. The molecule has 6 aromatic rings. The molecule has 2 aliphatic carbocycles. The minimum atomic E-state index is -0.941. The lowest BCUT2D eigenvalue weighted by Gasteiger charge is -2.25. The van der Waals surface area contributed by atoms with Crippen molar-refractivity contribution in [1.82, 2.24) is 9.97 Å². The van der Waals surface area contributed by atoms with Crippen LogP contribution in [-0.4, -0.2) is 71.6 Å². The predicted octanol–water partition coefficient (Wildman–Crippen LogP) is 11.6. The molecule has 13 heteroatoms. The van der Waals surface area contributed by atoms with E-state index in [2.05, 4.69) is 70.2 Å². The van der Waals surface area contributed by atoms with Crippen LogP contribution in [0.15, 0.2) is 97.1 Å². The average molecular weight is 1020 g/mol. The van der Waals surface area contributed by atoms with E-state index >= 15 is 0 Å². The number of aliphatic hydroxyl groups excluding tert-OH is 1. The first-order valence-corrected chi connectivity index (χ1v) is 26.5. The van der Waals surface area contributed by atoms with Gasteiger partial charge in [0, 0.05) is 41.7 Å². The maximum Gasteiger partial charge on any atom is 0.308 e. The standard InChI is InChI=1S/C31H33NO7.C31H37NO4/c1-4-5-6-20-8-10-23-26(18-7-12-24-25(15-18)39-16-38-24)28(31(35)36)27(29(23)32-20)22-11-9-21(37-3)14-19(22)13-17(2)30(33)34;1-5-6-7-23-9-11-26-29(21-8-13-27-28(16-21)36-18-35-27)20(3)30(31(26)32-23)25-12-10-24(34-4)15-22(25)14-19(2)17-33/h7-12,14-15,17,26-28H,4-6,13,16H2,1-3H3,(H,33,34)(H,35,36);8-13,15-16,19-20,29-30,33H,5-7,14,17-18H2,1-4H3/t17-,26-,27-,28?;19-,20+,29-,30+/m00/s1. The first-order valence-electron chi connectivity index (χ1n) is 26.5. The molecule has 4 aromatic carbocycles. The monoisotopic (exact) mass is 1020 g/mol. The summed E-state index contributed by atoms with van der Waals surface area (Å²) in [6.45, 7) is 11.0. The Kier molecular flexibility index (Phi) is 16.3. The lowest BCUT2D eigenvalue weighted by Crippen LogP contribution is -2.25. The van der Waals surface area contributed by atoms with Crippen LogP contribution in [0.2, 0.25) is 0 Å². The third-order valence-electron chi connectivity index (χ3n) is 15.6. The van der Waals surface area contributed by atoms with Crippen molar-refractivity contribution in [3.05, 3.63) is 164 Å². The number of methoxy groups -OCH3 is 2. The fourth-order valence-corrected chi connectivity index (χ4v) is 11.7. The number of benzene rings is 4. The second kappa shape index (κ2) is 23.2. The predicted molar refractivity (Wildman–Crippen MR) is 285 cm³/mol. The molecule has 0 saturated heterocycles. The van der Waals surface area contributed by atoms with Gasteiger partial charge in [-0.2, -0.15) is 0 Å². The number of aryl methyl sites for hydroxylation is 2. The maximum atomic E-state index is 13.1. The van der Waals surface area contributed by atoms with Crippen molar-refractivity contribution in [2.75, 3.05) is 34.4 Å². The Morgan fingerprint density at radius 1 is 0.600 bits per heavy atom. The summed E-state index contributed by atoms with van der Waals surface area (Å²) in [5.74, 6) is 0.699. The molecule has 0 spiro atoms. The van der Waals surface area contributed by atoms with Gasteiger partial charge in [-0.15, -0.1) is 0 Å². The Labute approximate surface area is 440 Å². The number of carbonyl (C=O) groups is 2. The molecule has 394 valence electrons. The second-order valence-corrected chi connectivity index (χ2v) is 20.7. The lowest BCUT2D eigenvalue weighted by molar-refractivity contribution is -0.143. The van der Waals surface area contributed by atoms with Crippen molar-refractivity contribution in [1.29, 1.82) is 0 Å². The largest absolute Gasteiger partial charge is 0.497 e. The summed E-state index contributed by atoms with van der Waals surface area (Å²) in [6.07, 6.45) is 7.13. The quantitative estimate of drug-likeness (QED) is 0.0699. The van der Waals surface area contributed by atoms with Crippen LogP contribution >= 0.6 is 0 Å². The number of carboxylic acid groups (broad SMARTS) is 2. The number of hydrogen-bond acceptors (Lipinski definition) is 11. The minimum Gasteiger partial charge on any atom is -0.497 e. The molecule has 0 saturated carbocycles. The molecule has 10 rings (SSSR count). The fourth-order valence-electron chi connectivity index (χ4n) is 11.7. The van der Waals surface area contributed by atoms with Crippen LogP contribution in [0, 0.1) is 23.7 Å². The van der Waals surface area contributed by atoms with E-state index in [1.54, 1.807) is 27.2 Å². The van der Waals surface area contributed by atoms with Gasteiger partial charge in [-0.1, -0.05) is 83.9 Å². The smallest absolute Gasteiger partial charge is 0.308 e. The highest BCUT2D eigenvalue weighted by atomic mass is 16.7. The van der Waals surface area contributed by atoms with Gasteiger partial charge < -0.3 is 43.7 Å². The van der Waals surface area contributed by atoms with Crippen LogP contribution in [0.1, 0.15) is 151 Å². The number of hydrogen-bond donors (Lipinski definition) is 3. The highest BCUT2D eigenvalue weighted by Crippen LogP contribution is 2.56. The molecular weight excluding hydrogens is 949 g/mol. The van der Waals surface area contributed by atoms with Gasteiger partial charge in [-0.3, -0.25) is 19.6 Å². The number of fused-ring (bicyclic) bond motifs is 4. The topological polar surface area (TPSA) is 176 Å². The maximum absolute atomic E-state index is 13.1. The molecule has 1 unspecified atom stereocenters. The number of pyridine rings is 2. The van der Waals surface area contributed by atoms with Crippen LogP contribution in [0.5, 0.6) is 34.5 Å². The SMILES string of the molecule is CCCCc1ccc2c(n1)[C@@H](c1ccc(OC)cc1C[C@H](C)C(=O)O)C(C(=O)O)[C@H]2c1ccc2c(c1)OCO2.CCCCc1ccc2c(n1)[C@@H](c1ccc(OC)cc1C[C@H](C)CO)[C@H](C)[C@H]2c1ccc2c(c1)OCO2.